The van der Waals surface area contributed by atoms with Crippen molar-refractivity contribution < 1.29 is 8.42 Å². The molecule has 20 heavy (non-hydrogen) atoms. The van der Waals surface area contributed by atoms with Gasteiger partial charge in [0.2, 0.25) is 10.0 Å². The summed E-state index contributed by atoms with van der Waals surface area (Å²) >= 11 is 0. The number of nitriles is 1. The van der Waals surface area contributed by atoms with Crippen LogP contribution in [0.2, 0.25) is 0 Å². The molecule has 0 radical (unpaired) electrons. The Bertz CT molecular complexity index is 565. The molecule has 1 aromatic carbocycles. The van der Waals surface area contributed by atoms with Gasteiger partial charge in [0.25, 0.3) is 0 Å². The average molecular weight is 292 g/mol. The third kappa shape index (κ3) is 4.06. The lowest BCUT2D eigenvalue weighted by Gasteiger charge is -2.16. The number of hydrogen-bond donors (Lipinski definition) is 1. The van der Waals surface area contributed by atoms with Gasteiger partial charge in [-0.25, -0.2) is 13.1 Å². The van der Waals surface area contributed by atoms with E-state index in [0.717, 1.165) is 31.2 Å². The Balaban J connectivity index is 2.07. The van der Waals surface area contributed by atoms with Crippen molar-refractivity contribution in [3.05, 3.63) is 29.8 Å². The summed E-state index contributed by atoms with van der Waals surface area (Å²) in [7, 11) is -3.44. The monoisotopic (exact) mass is 292 g/mol. The average Bonchev–Trinajstić information content (AvgIpc) is 2.68. The molecule has 1 aromatic rings. The van der Waals surface area contributed by atoms with Crippen LogP contribution in [0.4, 0.5) is 0 Å². The van der Waals surface area contributed by atoms with E-state index in [2.05, 4.69) is 4.72 Å². The maximum absolute atomic E-state index is 12.3. The molecule has 0 saturated heterocycles. The smallest absolute Gasteiger partial charge is 0.208 e. The second kappa shape index (κ2) is 6.87. The minimum absolute atomic E-state index is 0.0567. The summed E-state index contributed by atoms with van der Waals surface area (Å²) in [5, 5.41) is 8.61. The highest BCUT2D eigenvalue weighted by Crippen LogP contribution is 2.19. The Morgan fingerprint density at radius 1 is 1.10 bits per heavy atom. The van der Waals surface area contributed by atoms with Gasteiger partial charge < -0.3 is 0 Å². The van der Waals surface area contributed by atoms with Gasteiger partial charge in [0.15, 0.2) is 0 Å². The van der Waals surface area contributed by atoms with Crippen molar-refractivity contribution in [2.45, 2.75) is 55.9 Å². The number of hydrogen-bond acceptors (Lipinski definition) is 3. The van der Waals surface area contributed by atoms with Crippen molar-refractivity contribution >= 4 is 10.0 Å². The molecule has 0 aliphatic heterocycles. The van der Waals surface area contributed by atoms with Gasteiger partial charge in [0.1, 0.15) is 0 Å². The van der Waals surface area contributed by atoms with Gasteiger partial charge in [-0.3, -0.25) is 0 Å². The summed E-state index contributed by atoms with van der Waals surface area (Å²) in [6.07, 6.45) is 6.72. The second-order valence-corrected chi connectivity index (χ2v) is 7.00. The van der Waals surface area contributed by atoms with Crippen molar-refractivity contribution in [1.29, 1.82) is 5.26 Å². The number of nitrogens with one attached hydrogen (secondary N) is 1. The molecule has 1 saturated carbocycles. The molecular weight excluding hydrogens is 272 g/mol. The van der Waals surface area contributed by atoms with Gasteiger partial charge in [-0.05, 0) is 30.5 Å². The van der Waals surface area contributed by atoms with Crippen LogP contribution in [0.1, 0.15) is 44.1 Å². The van der Waals surface area contributed by atoms with E-state index in [9.17, 15) is 8.42 Å². The minimum atomic E-state index is -3.44. The number of rotatable bonds is 4. The van der Waals surface area contributed by atoms with Crippen molar-refractivity contribution in [1.82, 2.24) is 4.72 Å². The SMILES string of the molecule is N#CCc1ccc(S(=O)(=O)NC2CCCCCC2)cc1. The molecule has 0 atom stereocenters. The van der Waals surface area contributed by atoms with E-state index in [1.165, 1.54) is 12.8 Å². The molecule has 0 unspecified atom stereocenters. The van der Waals surface area contributed by atoms with Crippen LogP contribution >= 0.6 is 0 Å². The largest absolute Gasteiger partial charge is 0.240 e. The third-order valence-corrected chi connectivity index (χ3v) is 5.23. The first-order valence-corrected chi connectivity index (χ1v) is 8.58. The highest BCUT2D eigenvalue weighted by molar-refractivity contribution is 7.89. The van der Waals surface area contributed by atoms with E-state index in [-0.39, 0.29) is 10.9 Å². The van der Waals surface area contributed by atoms with Crippen molar-refractivity contribution in [2.24, 2.45) is 0 Å². The van der Waals surface area contributed by atoms with Crippen molar-refractivity contribution in [3.8, 4) is 6.07 Å². The lowest BCUT2D eigenvalue weighted by atomic mass is 10.1. The zero-order valence-corrected chi connectivity index (χ0v) is 12.3. The Kier molecular flexibility index (Phi) is 5.16. The lowest BCUT2D eigenvalue weighted by molar-refractivity contribution is 0.510. The topological polar surface area (TPSA) is 70.0 Å². The van der Waals surface area contributed by atoms with E-state index >= 15 is 0 Å². The van der Waals surface area contributed by atoms with Gasteiger partial charge >= 0.3 is 0 Å². The number of nitrogens with zero attached hydrogens (tertiary/aromatic N) is 1. The summed E-state index contributed by atoms with van der Waals surface area (Å²) in [4.78, 5) is 0.281. The molecule has 1 aliphatic rings. The first-order valence-electron chi connectivity index (χ1n) is 7.10. The Morgan fingerprint density at radius 2 is 1.70 bits per heavy atom. The molecule has 5 heteroatoms. The molecule has 0 heterocycles. The van der Waals surface area contributed by atoms with Crippen LogP contribution in [0.5, 0.6) is 0 Å². The van der Waals surface area contributed by atoms with Crippen LogP contribution in [0.3, 0.4) is 0 Å². The van der Waals surface area contributed by atoms with Crippen LogP contribution < -0.4 is 4.72 Å². The Hall–Kier alpha value is -1.38. The molecular formula is C15H20N2O2S. The molecule has 1 N–H and O–H groups in total. The molecule has 1 fully saturated rings. The summed E-state index contributed by atoms with van der Waals surface area (Å²) < 4.78 is 27.4. The van der Waals surface area contributed by atoms with E-state index in [1.54, 1.807) is 24.3 Å². The molecule has 0 aromatic heterocycles. The molecule has 2 rings (SSSR count). The minimum Gasteiger partial charge on any atom is -0.208 e. The molecule has 108 valence electrons. The summed E-state index contributed by atoms with van der Waals surface area (Å²) in [5.41, 5.74) is 0.834. The predicted octanol–water partition coefficient (Wildman–Crippen LogP) is 2.75. The predicted molar refractivity (Wildman–Crippen MR) is 77.6 cm³/mol. The van der Waals surface area contributed by atoms with Gasteiger partial charge in [-0.1, -0.05) is 37.8 Å². The molecule has 0 bridgehead atoms. The normalized spacial score (nSPS) is 17.4. The fourth-order valence-electron chi connectivity index (χ4n) is 2.56. The number of benzene rings is 1. The Morgan fingerprint density at radius 3 is 2.25 bits per heavy atom. The summed E-state index contributed by atoms with van der Waals surface area (Å²) in [6, 6.07) is 8.66. The van der Waals surface area contributed by atoms with E-state index < -0.39 is 10.0 Å². The fraction of sp³-hybridized carbons (Fsp3) is 0.533. The van der Waals surface area contributed by atoms with E-state index in [0.29, 0.717) is 6.42 Å². The van der Waals surface area contributed by atoms with E-state index in [1.807, 2.05) is 6.07 Å². The molecule has 4 nitrogen and oxygen atoms in total. The first-order chi connectivity index (χ1) is 9.62. The van der Waals surface area contributed by atoms with Crippen LogP contribution in [0, 0.1) is 11.3 Å². The van der Waals surface area contributed by atoms with Gasteiger partial charge in [0.05, 0.1) is 17.4 Å². The van der Waals surface area contributed by atoms with Gasteiger partial charge in [-0.15, -0.1) is 0 Å². The van der Waals surface area contributed by atoms with Crippen molar-refractivity contribution in [3.63, 3.8) is 0 Å². The first kappa shape index (κ1) is 15.0. The molecule has 0 amide bonds. The molecule has 0 spiro atoms. The maximum Gasteiger partial charge on any atom is 0.240 e. The summed E-state index contributed by atoms with van der Waals surface area (Å²) in [5.74, 6) is 0. The highest BCUT2D eigenvalue weighted by atomic mass is 32.2. The van der Waals surface area contributed by atoms with Crippen LogP contribution in [-0.4, -0.2) is 14.5 Å². The third-order valence-electron chi connectivity index (χ3n) is 3.69. The van der Waals surface area contributed by atoms with Gasteiger partial charge in [-0.2, -0.15) is 5.26 Å². The van der Waals surface area contributed by atoms with Crippen molar-refractivity contribution in [2.75, 3.05) is 0 Å². The zero-order valence-electron chi connectivity index (χ0n) is 11.5. The van der Waals surface area contributed by atoms with Crippen LogP contribution in [0.25, 0.3) is 0 Å². The quantitative estimate of drug-likeness (QED) is 0.867. The fourth-order valence-corrected chi connectivity index (χ4v) is 3.87. The number of sulfonamides is 1. The lowest BCUT2D eigenvalue weighted by Crippen LogP contribution is -2.34. The second-order valence-electron chi connectivity index (χ2n) is 5.29. The molecule has 1 aliphatic carbocycles. The highest BCUT2D eigenvalue weighted by Gasteiger charge is 2.20. The van der Waals surface area contributed by atoms with Crippen LogP contribution in [-0.2, 0) is 16.4 Å². The van der Waals surface area contributed by atoms with Gasteiger partial charge in [0, 0.05) is 6.04 Å². The zero-order chi connectivity index (χ0) is 14.4. The maximum atomic E-state index is 12.3. The standard InChI is InChI=1S/C15H20N2O2S/c16-12-11-13-7-9-15(10-8-13)20(18,19)17-14-5-3-1-2-4-6-14/h7-10,14,17H,1-6,11H2. The van der Waals surface area contributed by atoms with E-state index in [4.69, 9.17) is 5.26 Å². The Labute approximate surface area is 120 Å². The van der Waals surface area contributed by atoms with Crippen LogP contribution in [0.15, 0.2) is 29.2 Å². The summed E-state index contributed by atoms with van der Waals surface area (Å²) in [6.45, 7) is 0.